The van der Waals surface area contributed by atoms with E-state index in [9.17, 15) is 14.4 Å². The largest absolute Gasteiger partial charge is 0.369 e. The zero-order chi connectivity index (χ0) is 16.3. The number of hydrogen-bond donors (Lipinski definition) is 2. The van der Waals surface area contributed by atoms with E-state index in [2.05, 4.69) is 5.32 Å². The first-order chi connectivity index (χ1) is 10.4. The van der Waals surface area contributed by atoms with E-state index in [1.54, 1.807) is 0 Å². The van der Waals surface area contributed by atoms with E-state index in [1.165, 1.54) is 4.90 Å². The van der Waals surface area contributed by atoms with Crippen LogP contribution in [0.1, 0.15) is 32.3 Å². The number of nitrogens with two attached hydrogens (primary N) is 1. The first-order valence-corrected chi connectivity index (χ1v) is 7.40. The number of anilines is 1. The number of primary amides is 1. The Labute approximate surface area is 129 Å². The summed E-state index contributed by atoms with van der Waals surface area (Å²) in [5.74, 6) is -1.35. The van der Waals surface area contributed by atoms with E-state index in [0.717, 1.165) is 12.0 Å². The Morgan fingerprint density at radius 2 is 2.09 bits per heavy atom. The van der Waals surface area contributed by atoms with E-state index in [4.69, 9.17) is 5.73 Å². The van der Waals surface area contributed by atoms with Crippen molar-refractivity contribution in [3.63, 3.8) is 0 Å². The molecule has 1 aromatic carbocycles. The lowest BCUT2D eigenvalue weighted by atomic mass is 9.96. The summed E-state index contributed by atoms with van der Waals surface area (Å²) in [5, 5.41) is 2.88. The van der Waals surface area contributed by atoms with E-state index in [1.807, 2.05) is 38.1 Å². The first-order valence-electron chi connectivity index (χ1n) is 7.40. The van der Waals surface area contributed by atoms with Crippen molar-refractivity contribution in [3.05, 3.63) is 29.8 Å². The van der Waals surface area contributed by atoms with Crippen molar-refractivity contribution in [2.24, 2.45) is 11.7 Å². The van der Waals surface area contributed by atoms with Crippen LogP contribution in [0.5, 0.6) is 0 Å². The molecule has 6 heteroatoms. The molecule has 6 nitrogen and oxygen atoms in total. The lowest BCUT2D eigenvalue weighted by Gasteiger charge is -2.32. The highest BCUT2D eigenvalue weighted by molar-refractivity contribution is 6.02. The fraction of sp³-hybridized carbons (Fsp3) is 0.438. The van der Waals surface area contributed by atoms with Crippen LogP contribution in [0, 0.1) is 5.92 Å². The second kappa shape index (κ2) is 6.60. The minimum Gasteiger partial charge on any atom is -0.369 e. The Kier molecular flexibility index (Phi) is 4.80. The van der Waals surface area contributed by atoms with Gasteiger partial charge < -0.3 is 16.0 Å². The highest BCUT2D eigenvalue weighted by Crippen LogP contribution is 2.27. The summed E-state index contributed by atoms with van der Waals surface area (Å²) in [6, 6.07) is 6.75. The summed E-state index contributed by atoms with van der Waals surface area (Å²) in [4.78, 5) is 37.5. The summed E-state index contributed by atoms with van der Waals surface area (Å²) in [6.45, 7) is 4.17. The van der Waals surface area contributed by atoms with Crippen LogP contribution < -0.4 is 11.1 Å². The molecule has 0 aromatic heterocycles. The van der Waals surface area contributed by atoms with Gasteiger partial charge in [0, 0.05) is 12.2 Å². The summed E-state index contributed by atoms with van der Waals surface area (Å²) in [6.07, 6.45) is 0.358. The Balaban J connectivity index is 2.41. The Hall–Kier alpha value is -2.37. The smallest absolute Gasteiger partial charge is 0.247 e. The van der Waals surface area contributed by atoms with Gasteiger partial charge in [0.1, 0.15) is 12.5 Å². The summed E-state index contributed by atoms with van der Waals surface area (Å²) >= 11 is 0. The number of amides is 3. The normalized spacial score (nSPS) is 18.9. The highest BCUT2D eigenvalue weighted by atomic mass is 16.2. The minimum atomic E-state index is -0.689. The standard InChI is InChI=1S/C16H21N3O3/c1-3-10(2)15-16(22)18-12-7-5-4-6-11(12)9-19(15)14(21)8-13(17)20/h4-7,10,15H,3,8-9H2,1-2H3,(H2,17,20)(H,18,22)/t10-,15-/m0/s1. The van der Waals surface area contributed by atoms with Crippen molar-refractivity contribution < 1.29 is 14.4 Å². The van der Waals surface area contributed by atoms with Crippen molar-refractivity contribution in [2.45, 2.75) is 39.3 Å². The van der Waals surface area contributed by atoms with Crippen LogP contribution in [-0.2, 0) is 20.9 Å². The Morgan fingerprint density at radius 3 is 2.73 bits per heavy atom. The molecule has 0 radical (unpaired) electrons. The van der Waals surface area contributed by atoms with Crippen LogP contribution in [0.15, 0.2) is 24.3 Å². The number of carbonyl (C=O) groups excluding carboxylic acids is 3. The van der Waals surface area contributed by atoms with Crippen LogP contribution in [0.3, 0.4) is 0 Å². The molecule has 0 unspecified atom stereocenters. The van der Waals surface area contributed by atoms with E-state index in [0.29, 0.717) is 5.69 Å². The lowest BCUT2D eigenvalue weighted by Crippen LogP contribution is -2.49. The monoisotopic (exact) mass is 303 g/mol. The van der Waals surface area contributed by atoms with Gasteiger partial charge >= 0.3 is 0 Å². The Bertz CT molecular complexity index is 600. The van der Waals surface area contributed by atoms with Crippen LogP contribution >= 0.6 is 0 Å². The van der Waals surface area contributed by atoms with Gasteiger partial charge in [-0.05, 0) is 17.5 Å². The molecule has 0 spiro atoms. The molecule has 2 atom stereocenters. The van der Waals surface area contributed by atoms with Gasteiger partial charge in [-0.2, -0.15) is 0 Å². The molecule has 0 saturated heterocycles. The molecule has 3 amide bonds. The average molecular weight is 303 g/mol. The number of rotatable bonds is 4. The predicted molar refractivity (Wildman–Crippen MR) is 82.7 cm³/mol. The molecule has 2 rings (SSSR count). The van der Waals surface area contributed by atoms with Crippen LogP contribution in [0.4, 0.5) is 5.69 Å². The lowest BCUT2D eigenvalue weighted by molar-refractivity contribution is -0.143. The van der Waals surface area contributed by atoms with Gasteiger partial charge in [-0.3, -0.25) is 14.4 Å². The van der Waals surface area contributed by atoms with Gasteiger partial charge in [0.25, 0.3) is 0 Å². The first kappa shape index (κ1) is 16.0. The maximum absolute atomic E-state index is 12.6. The maximum atomic E-state index is 12.6. The van der Waals surface area contributed by atoms with E-state index >= 15 is 0 Å². The van der Waals surface area contributed by atoms with E-state index < -0.39 is 17.9 Å². The molecule has 0 bridgehead atoms. The second-order valence-electron chi connectivity index (χ2n) is 5.64. The molecule has 1 aromatic rings. The molecule has 118 valence electrons. The fourth-order valence-corrected chi connectivity index (χ4v) is 2.69. The van der Waals surface area contributed by atoms with Gasteiger partial charge in [-0.1, -0.05) is 38.5 Å². The summed E-state index contributed by atoms with van der Waals surface area (Å²) in [7, 11) is 0. The number of hydrogen-bond acceptors (Lipinski definition) is 3. The quantitative estimate of drug-likeness (QED) is 0.820. The van der Waals surface area contributed by atoms with Crippen LogP contribution in [0.25, 0.3) is 0 Å². The fourth-order valence-electron chi connectivity index (χ4n) is 2.69. The third-order valence-corrected chi connectivity index (χ3v) is 4.05. The number of para-hydroxylation sites is 1. The minimum absolute atomic E-state index is 0.0221. The summed E-state index contributed by atoms with van der Waals surface area (Å²) < 4.78 is 0. The maximum Gasteiger partial charge on any atom is 0.247 e. The van der Waals surface area contributed by atoms with Crippen molar-refractivity contribution in [1.29, 1.82) is 0 Å². The van der Waals surface area contributed by atoms with Crippen molar-refractivity contribution in [1.82, 2.24) is 4.90 Å². The Morgan fingerprint density at radius 1 is 1.41 bits per heavy atom. The number of fused-ring (bicyclic) bond motifs is 1. The molecule has 0 aliphatic carbocycles. The molecule has 1 aliphatic rings. The van der Waals surface area contributed by atoms with Crippen LogP contribution in [-0.4, -0.2) is 28.7 Å². The van der Waals surface area contributed by atoms with Gasteiger partial charge in [0.05, 0.1) is 0 Å². The number of benzene rings is 1. The second-order valence-corrected chi connectivity index (χ2v) is 5.64. The molecule has 1 heterocycles. The van der Waals surface area contributed by atoms with Crippen LogP contribution in [0.2, 0.25) is 0 Å². The summed E-state index contributed by atoms with van der Waals surface area (Å²) in [5.41, 5.74) is 6.69. The molecular weight excluding hydrogens is 282 g/mol. The molecule has 1 aliphatic heterocycles. The van der Waals surface area contributed by atoms with Crippen molar-refractivity contribution in [3.8, 4) is 0 Å². The van der Waals surface area contributed by atoms with E-state index in [-0.39, 0.29) is 24.8 Å². The zero-order valence-electron chi connectivity index (χ0n) is 12.8. The molecule has 3 N–H and O–H groups in total. The third kappa shape index (κ3) is 3.27. The number of carbonyl (C=O) groups is 3. The molecular formula is C16H21N3O3. The molecule has 0 saturated carbocycles. The predicted octanol–water partition coefficient (Wildman–Crippen LogP) is 1.26. The van der Waals surface area contributed by atoms with Gasteiger partial charge in [-0.25, -0.2) is 0 Å². The molecule has 22 heavy (non-hydrogen) atoms. The number of nitrogens with zero attached hydrogens (tertiary/aromatic N) is 1. The third-order valence-electron chi connectivity index (χ3n) is 4.05. The number of nitrogens with one attached hydrogen (secondary N) is 1. The average Bonchev–Trinajstić information content (AvgIpc) is 2.61. The SMILES string of the molecule is CC[C@H](C)[C@H]1C(=O)Nc2ccccc2CN1C(=O)CC(N)=O. The highest BCUT2D eigenvalue weighted by Gasteiger charge is 2.36. The van der Waals surface area contributed by atoms with Crippen molar-refractivity contribution in [2.75, 3.05) is 5.32 Å². The topological polar surface area (TPSA) is 92.5 Å². The van der Waals surface area contributed by atoms with Gasteiger partial charge in [0.15, 0.2) is 0 Å². The van der Waals surface area contributed by atoms with Crippen molar-refractivity contribution >= 4 is 23.4 Å². The molecule has 0 fully saturated rings. The zero-order valence-corrected chi connectivity index (χ0v) is 12.8. The van der Waals surface area contributed by atoms with Gasteiger partial charge in [0.2, 0.25) is 17.7 Å². The van der Waals surface area contributed by atoms with Gasteiger partial charge in [-0.15, -0.1) is 0 Å².